The van der Waals surface area contributed by atoms with Gasteiger partial charge < -0.3 is 20.1 Å². The van der Waals surface area contributed by atoms with E-state index in [1.807, 2.05) is 6.92 Å². The molecule has 1 unspecified atom stereocenters. The van der Waals surface area contributed by atoms with Crippen LogP contribution in [0.3, 0.4) is 0 Å². The Morgan fingerprint density at radius 2 is 2.00 bits per heavy atom. The van der Waals surface area contributed by atoms with Crippen LogP contribution in [0.5, 0.6) is 5.75 Å². The second-order valence-electron chi connectivity index (χ2n) is 7.54. The number of aliphatic carboxylic acids is 1. The summed E-state index contributed by atoms with van der Waals surface area (Å²) >= 11 is 6.23. The number of fused-ring (bicyclic) bond motifs is 1. The topological polar surface area (TPSA) is 78.9 Å². The number of halogens is 1. The standard InChI is InChI=1S/C22H23ClN2O4/c1-13-18(25-8-2-3-9-25)6-5-15-16(11-20(26)24-22(13)15)17-10-14(23)4-7-19(17)29-12-21(27)28/h4-7,10,16H,2-3,8-9,11-12H2,1H3,(H,24,26)(H,27,28). The molecule has 2 aliphatic rings. The van der Waals surface area contributed by atoms with Crippen LogP contribution in [0.15, 0.2) is 30.3 Å². The quantitative estimate of drug-likeness (QED) is 0.767. The van der Waals surface area contributed by atoms with Gasteiger partial charge in [-0.25, -0.2) is 4.79 Å². The molecule has 1 fully saturated rings. The molecule has 2 N–H and O–H groups in total. The average molecular weight is 415 g/mol. The summed E-state index contributed by atoms with van der Waals surface area (Å²) in [6.45, 7) is 3.64. The molecule has 1 atom stereocenters. The van der Waals surface area contributed by atoms with Crippen LogP contribution in [0.1, 0.15) is 41.9 Å². The highest BCUT2D eigenvalue weighted by Gasteiger charge is 2.31. The Morgan fingerprint density at radius 1 is 1.24 bits per heavy atom. The molecule has 2 aromatic rings. The number of hydrogen-bond donors (Lipinski definition) is 2. The molecule has 1 amide bonds. The zero-order valence-corrected chi connectivity index (χ0v) is 17.0. The minimum Gasteiger partial charge on any atom is -0.482 e. The van der Waals surface area contributed by atoms with Gasteiger partial charge in [-0.15, -0.1) is 0 Å². The summed E-state index contributed by atoms with van der Waals surface area (Å²) in [7, 11) is 0. The van der Waals surface area contributed by atoms with E-state index < -0.39 is 12.6 Å². The molecular formula is C22H23ClN2O4. The highest BCUT2D eigenvalue weighted by atomic mass is 35.5. The first-order chi connectivity index (χ1) is 13.9. The molecule has 4 rings (SSSR count). The molecule has 29 heavy (non-hydrogen) atoms. The van der Waals surface area contributed by atoms with Crippen molar-refractivity contribution < 1.29 is 19.4 Å². The van der Waals surface area contributed by atoms with Gasteiger partial charge in [0.2, 0.25) is 5.91 Å². The molecule has 6 nitrogen and oxygen atoms in total. The maximum atomic E-state index is 12.6. The summed E-state index contributed by atoms with van der Waals surface area (Å²) < 4.78 is 5.49. The van der Waals surface area contributed by atoms with Gasteiger partial charge in [0.1, 0.15) is 5.75 Å². The van der Waals surface area contributed by atoms with E-state index in [1.165, 1.54) is 12.8 Å². The predicted molar refractivity (Wildman–Crippen MR) is 112 cm³/mol. The molecule has 0 saturated carbocycles. The fourth-order valence-corrected chi connectivity index (χ4v) is 4.48. The molecule has 152 valence electrons. The van der Waals surface area contributed by atoms with Crippen LogP contribution in [0, 0.1) is 6.92 Å². The number of carboxylic acids is 1. The summed E-state index contributed by atoms with van der Waals surface area (Å²) in [5.41, 5.74) is 4.75. The number of nitrogens with zero attached hydrogens (tertiary/aromatic N) is 1. The molecule has 2 heterocycles. The number of rotatable bonds is 5. The van der Waals surface area contributed by atoms with Crippen molar-refractivity contribution in [3.63, 3.8) is 0 Å². The summed E-state index contributed by atoms with van der Waals surface area (Å²) in [5.74, 6) is -0.955. The minimum atomic E-state index is -1.06. The summed E-state index contributed by atoms with van der Waals surface area (Å²) in [6.07, 6.45) is 2.61. The lowest BCUT2D eigenvalue weighted by atomic mass is 9.83. The van der Waals surface area contributed by atoms with Crippen LogP contribution < -0.4 is 15.0 Å². The third-order valence-corrected chi connectivity index (χ3v) is 5.88. The van der Waals surface area contributed by atoms with Gasteiger partial charge in [0.25, 0.3) is 0 Å². The SMILES string of the molecule is Cc1c(N2CCCC2)ccc2c1NC(=O)CC2c1cc(Cl)ccc1OCC(=O)O. The van der Waals surface area contributed by atoms with Crippen molar-refractivity contribution in [3.8, 4) is 5.75 Å². The zero-order chi connectivity index (χ0) is 20.5. The Labute approximate surface area is 174 Å². The van der Waals surface area contributed by atoms with Gasteiger partial charge in [0.15, 0.2) is 6.61 Å². The number of nitrogens with one attached hydrogen (secondary N) is 1. The van der Waals surface area contributed by atoms with Crippen molar-refractivity contribution >= 4 is 34.9 Å². The zero-order valence-electron chi connectivity index (χ0n) is 16.2. The highest BCUT2D eigenvalue weighted by Crippen LogP contribution is 2.45. The number of amides is 1. The van der Waals surface area contributed by atoms with Crippen LogP contribution in [0.25, 0.3) is 0 Å². The normalized spacial score (nSPS) is 18.3. The molecular weight excluding hydrogens is 392 g/mol. The second kappa shape index (κ2) is 7.95. The van der Waals surface area contributed by atoms with Gasteiger partial charge >= 0.3 is 5.97 Å². The largest absolute Gasteiger partial charge is 0.482 e. The van der Waals surface area contributed by atoms with Gasteiger partial charge in [-0.05, 0) is 55.2 Å². The van der Waals surface area contributed by atoms with E-state index in [9.17, 15) is 9.59 Å². The summed E-state index contributed by atoms with van der Waals surface area (Å²) in [6, 6.07) is 9.26. The van der Waals surface area contributed by atoms with E-state index in [2.05, 4.69) is 22.3 Å². The maximum Gasteiger partial charge on any atom is 0.341 e. The first-order valence-electron chi connectivity index (χ1n) is 9.76. The Bertz CT molecular complexity index is 970. The van der Waals surface area contributed by atoms with Gasteiger partial charge in [-0.3, -0.25) is 4.79 Å². The number of carbonyl (C=O) groups excluding carboxylic acids is 1. The number of hydrogen-bond acceptors (Lipinski definition) is 4. The molecule has 0 aliphatic carbocycles. The first kappa shape index (κ1) is 19.6. The van der Waals surface area contributed by atoms with Crippen LogP contribution in [-0.4, -0.2) is 36.7 Å². The van der Waals surface area contributed by atoms with Crippen LogP contribution in [-0.2, 0) is 9.59 Å². The van der Waals surface area contributed by atoms with E-state index in [0.717, 1.165) is 41.2 Å². The molecule has 1 saturated heterocycles. The Kier molecular flexibility index (Phi) is 5.37. The van der Waals surface area contributed by atoms with E-state index in [4.69, 9.17) is 21.4 Å². The number of anilines is 2. The van der Waals surface area contributed by atoms with Crippen molar-refractivity contribution in [3.05, 3.63) is 52.0 Å². The summed E-state index contributed by atoms with van der Waals surface area (Å²) in [4.78, 5) is 25.9. The van der Waals surface area contributed by atoms with Crippen molar-refractivity contribution in [1.29, 1.82) is 0 Å². The third-order valence-electron chi connectivity index (χ3n) is 5.64. The highest BCUT2D eigenvalue weighted by molar-refractivity contribution is 6.30. The average Bonchev–Trinajstić information content (AvgIpc) is 3.21. The number of ether oxygens (including phenoxy) is 1. The molecule has 7 heteroatoms. The smallest absolute Gasteiger partial charge is 0.341 e. The molecule has 0 radical (unpaired) electrons. The van der Waals surface area contributed by atoms with Gasteiger partial charge in [0, 0.05) is 47.4 Å². The molecule has 0 bridgehead atoms. The third kappa shape index (κ3) is 3.90. The van der Waals surface area contributed by atoms with Crippen molar-refractivity contribution in [2.75, 3.05) is 29.9 Å². The van der Waals surface area contributed by atoms with Crippen LogP contribution in [0.2, 0.25) is 5.02 Å². The Morgan fingerprint density at radius 3 is 2.72 bits per heavy atom. The molecule has 0 aromatic heterocycles. The predicted octanol–water partition coefficient (Wildman–Crippen LogP) is 4.19. The number of benzene rings is 2. The van der Waals surface area contributed by atoms with Crippen molar-refractivity contribution in [1.82, 2.24) is 0 Å². The number of carboxylic acid groups (broad SMARTS) is 1. The lowest BCUT2D eigenvalue weighted by Crippen LogP contribution is -2.26. The fraction of sp³-hybridized carbons (Fsp3) is 0.364. The lowest BCUT2D eigenvalue weighted by molar-refractivity contribution is -0.139. The van der Waals surface area contributed by atoms with Gasteiger partial charge in [-0.2, -0.15) is 0 Å². The monoisotopic (exact) mass is 414 g/mol. The number of carbonyl (C=O) groups is 2. The lowest BCUT2D eigenvalue weighted by Gasteiger charge is -2.31. The van der Waals surface area contributed by atoms with Gasteiger partial charge in [-0.1, -0.05) is 17.7 Å². The maximum absolute atomic E-state index is 12.6. The fourth-order valence-electron chi connectivity index (χ4n) is 4.30. The van der Waals surface area contributed by atoms with Crippen LogP contribution in [0.4, 0.5) is 11.4 Å². The molecule has 0 spiro atoms. The van der Waals surface area contributed by atoms with Crippen LogP contribution >= 0.6 is 11.6 Å². The summed E-state index contributed by atoms with van der Waals surface area (Å²) in [5, 5.41) is 12.5. The first-order valence-corrected chi connectivity index (χ1v) is 10.1. The van der Waals surface area contributed by atoms with E-state index in [1.54, 1.807) is 18.2 Å². The second-order valence-corrected chi connectivity index (χ2v) is 7.97. The molecule has 2 aliphatic heterocycles. The Balaban J connectivity index is 1.77. The van der Waals surface area contributed by atoms with Gasteiger partial charge in [0.05, 0.1) is 0 Å². The van der Waals surface area contributed by atoms with E-state index in [-0.39, 0.29) is 18.2 Å². The van der Waals surface area contributed by atoms with E-state index >= 15 is 0 Å². The minimum absolute atomic E-state index is 0.0756. The molecule has 2 aromatic carbocycles. The Hall–Kier alpha value is -2.73. The van der Waals surface area contributed by atoms with E-state index in [0.29, 0.717) is 10.8 Å². The van der Waals surface area contributed by atoms with Crippen molar-refractivity contribution in [2.24, 2.45) is 0 Å². The van der Waals surface area contributed by atoms with Crippen molar-refractivity contribution in [2.45, 2.75) is 32.1 Å².